The average molecular weight is 256 g/mol. The first-order valence-corrected chi connectivity index (χ1v) is 5.76. The van der Waals surface area contributed by atoms with Crippen LogP contribution >= 0.6 is 0 Å². The second-order valence-corrected chi connectivity index (χ2v) is 5.43. The van der Waals surface area contributed by atoms with Gasteiger partial charge in [-0.05, 0) is 20.8 Å². The lowest BCUT2D eigenvalue weighted by Gasteiger charge is -2.41. The fourth-order valence-corrected chi connectivity index (χ4v) is 2.03. The summed E-state index contributed by atoms with van der Waals surface area (Å²) in [6.45, 7) is 5.21. The molecule has 1 aliphatic heterocycles. The van der Waals surface area contributed by atoms with Gasteiger partial charge in [0.25, 0.3) is 0 Å². The molecule has 0 aromatic rings. The highest BCUT2D eigenvalue weighted by molar-refractivity contribution is 5.84. The molecule has 0 aromatic heterocycles. The molecule has 0 aromatic carbocycles. The Morgan fingerprint density at radius 3 is 2.33 bits per heavy atom. The van der Waals surface area contributed by atoms with Gasteiger partial charge in [-0.3, -0.25) is 9.59 Å². The monoisotopic (exact) mass is 256 g/mol. The van der Waals surface area contributed by atoms with Crippen LogP contribution in [0.4, 0.5) is 0 Å². The predicted octanol–water partition coefficient (Wildman–Crippen LogP) is 0.914. The molecule has 1 fully saturated rings. The van der Waals surface area contributed by atoms with E-state index in [0.29, 0.717) is 0 Å². The van der Waals surface area contributed by atoms with Crippen molar-refractivity contribution < 1.29 is 29.2 Å². The number of carboxylic acid groups (broad SMARTS) is 1. The second kappa shape index (κ2) is 4.37. The van der Waals surface area contributed by atoms with Gasteiger partial charge < -0.3 is 9.84 Å². The Balaban J connectivity index is 2.17. The average Bonchev–Trinajstić information content (AvgIpc) is 2.15. The molecule has 4 unspecified atom stereocenters. The van der Waals surface area contributed by atoms with Crippen LogP contribution in [0.2, 0.25) is 0 Å². The molecule has 1 aliphatic carbocycles. The number of ether oxygens (including phenoxy) is 1. The normalized spacial score (nSPS) is 34.4. The van der Waals surface area contributed by atoms with Crippen molar-refractivity contribution in [2.45, 2.75) is 38.6 Å². The molecule has 1 N–H and O–H groups in total. The third-order valence-electron chi connectivity index (χ3n) is 2.81. The van der Waals surface area contributed by atoms with Gasteiger partial charge in [0.2, 0.25) is 0 Å². The van der Waals surface area contributed by atoms with Crippen LogP contribution in [-0.2, 0) is 24.1 Å². The lowest BCUT2D eigenvalue weighted by molar-refractivity contribution is -0.462. The molecule has 2 aliphatic rings. The molecule has 1 heterocycles. The minimum Gasteiger partial charge on any atom is -0.481 e. The van der Waals surface area contributed by atoms with Gasteiger partial charge in [0.05, 0.1) is 5.92 Å². The highest BCUT2D eigenvalue weighted by atomic mass is 17.2. The third-order valence-corrected chi connectivity index (χ3v) is 2.81. The molecular formula is C12H16O6. The SMILES string of the molecule is CC(C)(C)OC(=O)C1C=CC2OOC2C1C(=O)O. The molecule has 0 radical (unpaired) electrons. The minimum absolute atomic E-state index is 0.384. The Hall–Kier alpha value is -1.40. The second-order valence-electron chi connectivity index (χ2n) is 5.43. The number of fused-ring (bicyclic) bond motifs is 1. The Bertz CT molecular complexity index is 394. The maximum absolute atomic E-state index is 12.0. The molecule has 6 heteroatoms. The summed E-state index contributed by atoms with van der Waals surface area (Å²) in [6.07, 6.45) is 2.16. The van der Waals surface area contributed by atoms with Gasteiger partial charge in [-0.15, -0.1) is 0 Å². The van der Waals surface area contributed by atoms with Crippen molar-refractivity contribution in [3.8, 4) is 0 Å². The van der Waals surface area contributed by atoms with Crippen molar-refractivity contribution in [1.82, 2.24) is 0 Å². The van der Waals surface area contributed by atoms with E-state index < -0.39 is 35.5 Å². The molecule has 0 amide bonds. The van der Waals surface area contributed by atoms with E-state index in [0.717, 1.165) is 0 Å². The maximum Gasteiger partial charge on any atom is 0.314 e. The lowest BCUT2D eigenvalue weighted by atomic mass is 9.79. The fourth-order valence-electron chi connectivity index (χ4n) is 2.03. The Labute approximate surface area is 104 Å². The summed E-state index contributed by atoms with van der Waals surface area (Å²) >= 11 is 0. The summed E-state index contributed by atoms with van der Waals surface area (Å²) in [5, 5.41) is 9.20. The standard InChI is InChI=1S/C12H16O6/c1-12(2,3)16-11(15)6-4-5-7-9(18-17-7)8(6)10(13)14/h4-9H,1-3H3,(H,13,14). The van der Waals surface area contributed by atoms with Gasteiger partial charge in [-0.2, -0.15) is 0 Å². The summed E-state index contributed by atoms with van der Waals surface area (Å²) in [5.74, 6) is -3.45. The lowest BCUT2D eigenvalue weighted by Crippen LogP contribution is -2.55. The zero-order valence-electron chi connectivity index (χ0n) is 10.5. The number of hydrogen-bond acceptors (Lipinski definition) is 5. The van der Waals surface area contributed by atoms with E-state index in [1.54, 1.807) is 26.8 Å². The van der Waals surface area contributed by atoms with E-state index >= 15 is 0 Å². The zero-order chi connectivity index (χ0) is 13.5. The third kappa shape index (κ3) is 2.39. The first kappa shape index (κ1) is 13.0. The number of esters is 1. The molecule has 6 nitrogen and oxygen atoms in total. The molecule has 100 valence electrons. The van der Waals surface area contributed by atoms with Gasteiger partial charge in [-0.25, -0.2) is 9.78 Å². The summed E-state index contributed by atoms with van der Waals surface area (Å²) in [6, 6.07) is 0. The predicted molar refractivity (Wildman–Crippen MR) is 59.3 cm³/mol. The van der Waals surface area contributed by atoms with Crippen molar-refractivity contribution in [3.05, 3.63) is 12.2 Å². The number of hydrogen-bond donors (Lipinski definition) is 1. The van der Waals surface area contributed by atoms with Crippen LogP contribution in [-0.4, -0.2) is 34.9 Å². The number of carbonyl (C=O) groups excluding carboxylic acids is 1. The highest BCUT2D eigenvalue weighted by Gasteiger charge is 2.52. The molecule has 0 saturated carbocycles. The minimum atomic E-state index is -1.09. The molecule has 0 spiro atoms. The van der Waals surface area contributed by atoms with Crippen molar-refractivity contribution in [3.63, 3.8) is 0 Å². The van der Waals surface area contributed by atoms with E-state index in [1.807, 2.05) is 0 Å². The van der Waals surface area contributed by atoms with Crippen LogP contribution in [0.3, 0.4) is 0 Å². The number of carboxylic acids is 1. The summed E-state index contributed by atoms with van der Waals surface area (Å²) in [4.78, 5) is 32.7. The largest absolute Gasteiger partial charge is 0.481 e. The first-order valence-electron chi connectivity index (χ1n) is 5.76. The number of aliphatic carboxylic acids is 1. The maximum atomic E-state index is 12.0. The molecule has 1 saturated heterocycles. The van der Waals surface area contributed by atoms with E-state index in [4.69, 9.17) is 14.5 Å². The Morgan fingerprint density at radius 1 is 1.22 bits per heavy atom. The Kier molecular flexibility index (Phi) is 3.16. The van der Waals surface area contributed by atoms with E-state index in [-0.39, 0.29) is 6.10 Å². The van der Waals surface area contributed by atoms with Crippen LogP contribution in [0.5, 0.6) is 0 Å². The number of rotatable bonds is 2. The summed E-state index contributed by atoms with van der Waals surface area (Å²) in [7, 11) is 0. The van der Waals surface area contributed by atoms with Crippen LogP contribution < -0.4 is 0 Å². The van der Waals surface area contributed by atoms with Gasteiger partial charge in [0.15, 0.2) is 0 Å². The van der Waals surface area contributed by atoms with E-state index in [1.165, 1.54) is 6.08 Å². The topological polar surface area (TPSA) is 82.1 Å². The molecule has 4 atom stereocenters. The van der Waals surface area contributed by atoms with E-state index in [9.17, 15) is 14.7 Å². The van der Waals surface area contributed by atoms with Crippen LogP contribution in [0, 0.1) is 11.8 Å². The number of carbonyl (C=O) groups is 2. The molecule has 2 rings (SSSR count). The van der Waals surface area contributed by atoms with Crippen LogP contribution in [0.25, 0.3) is 0 Å². The van der Waals surface area contributed by atoms with Crippen LogP contribution in [0.15, 0.2) is 12.2 Å². The zero-order valence-corrected chi connectivity index (χ0v) is 10.5. The smallest absolute Gasteiger partial charge is 0.314 e. The highest BCUT2D eigenvalue weighted by Crippen LogP contribution is 2.36. The molecule has 0 bridgehead atoms. The van der Waals surface area contributed by atoms with Crippen molar-refractivity contribution >= 4 is 11.9 Å². The molecular weight excluding hydrogens is 240 g/mol. The summed E-state index contributed by atoms with van der Waals surface area (Å²) < 4.78 is 5.22. The van der Waals surface area contributed by atoms with Gasteiger partial charge in [-0.1, -0.05) is 12.2 Å². The Morgan fingerprint density at radius 2 is 1.89 bits per heavy atom. The van der Waals surface area contributed by atoms with Gasteiger partial charge in [0, 0.05) is 0 Å². The quantitative estimate of drug-likeness (QED) is 0.449. The molecule has 18 heavy (non-hydrogen) atoms. The van der Waals surface area contributed by atoms with Crippen molar-refractivity contribution in [1.29, 1.82) is 0 Å². The van der Waals surface area contributed by atoms with Gasteiger partial charge in [0.1, 0.15) is 23.7 Å². The van der Waals surface area contributed by atoms with Crippen LogP contribution in [0.1, 0.15) is 20.8 Å². The van der Waals surface area contributed by atoms with E-state index in [2.05, 4.69) is 0 Å². The fraction of sp³-hybridized carbons (Fsp3) is 0.667. The first-order chi connectivity index (χ1) is 8.29. The van der Waals surface area contributed by atoms with Crippen molar-refractivity contribution in [2.24, 2.45) is 11.8 Å². The van der Waals surface area contributed by atoms with Crippen molar-refractivity contribution in [2.75, 3.05) is 0 Å². The van der Waals surface area contributed by atoms with Gasteiger partial charge >= 0.3 is 11.9 Å². The summed E-state index contributed by atoms with van der Waals surface area (Å²) in [5.41, 5.74) is -0.651.